The van der Waals surface area contributed by atoms with Crippen molar-refractivity contribution < 1.29 is 13.2 Å². The first kappa shape index (κ1) is 15.3. The van der Waals surface area contributed by atoms with E-state index >= 15 is 0 Å². The summed E-state index contributed by atoms with van der Waals surface area (Å²) in [6.45, 7) is 2.00. The number of nitrogens with two attached hydrogens (primary N) is 1. The molecule has 0 spiro atoms. The van der Waals surface area contributed by atoms with Gasteiger partial charge in [0, 0.05) is 6.04 Å². The molecular weight excluding hydrogens is 265 g/mol. The minimum absolute atomic E-state index is 0.0650. The molecule has 1 fully saturated rings. The molecule has 1 atom stereocenters. The highest BCUT2D eigenvalue weighted by Crippen LogP contribution is 2.42. The van der Waals surface area contributed by atoms with E-state index in [0.717, 1.165) is 11.1 Å². The molecule has 1 aromatic carbocycles. The molecule has 0 heterocycles. The second-order valence-electron chi connectivity index (χ2n) is 5.71. The molecule has 20 heavy (non-hydrogen) atoms. The van der Waals surface area contributed by atoms with Crippen LogP contribution in [0.5, 0.6) is 0 Å². The number of nitrogens with one attached hydrogen (secondary N) is 1. The SMILES string of the molecule is Cc1ccc(C(NN)C2CCC(C(F)(F)F)CC2)cc1. The summed E-state index contributed by atoms with van der Waals surface area (Å²) in [6, 6.07) is 7.93. The zero-order valence-electron chi connectivity index (χ0n) is 11.6. The summed E-state index contributed by atoms with van der Waals surface area (Å²) in [5.41, 5.74) is 4.99. The summed E-state index contributed by atoms with van der Waals surface area (Å²) in [5.74, 6) is 4.65. The van der Waals surface area contributed by atoms with Crippen LogP contribution in [-0.2, 0) is 0 Å². The van der Waals surface area contributed by atoms with Crippen molar-refractivity contribution in [3.63, 3.8) is 0 Å². The first-order valence-corrected chi connectivity index (χ1v) is 7.01. The van der Waals surface area contributed by atoms with Crippen molar-refractivity contribution in [1.82, 2.24) is 5.43 Å². The number of benzene rings is 1. The van der Waals surface area contributed by atoms with E-state index < -0.39 is 12.1 Å². The Morgan fingerprint density at radius 3 is 2.10 bits per heavy atom. The van der Waals surface area contributed by atoms with Gasteiger partial charge in [-0.05, 0) is 44.1 Å². The average molecular weight is 286 g/mol. The Hall–Kier alpha value is -1.07. The molecular formula is C15H21F3N2. The van der Waals surface area contributed by atoms with Crippen molar-refractivity contribution in [3.05, 3.63) is 35.4 Å². The normalized spacial score (nSPS) is 25.4. The number of hydrazine groups is 1. The predicted molar refractivity (Wildman–Crippen MR) is 72.7 cm³/mol. The summed E-state index contributed by atoms with van der Waals surface area (Å²) in [5, 5.41) is 0. The lowest BCUT2D eigenvalue weighted by molar-refractivity contribution is -0.184. The third kappa shape index (κ3) is 3.52. The van der Waals surface area contributed by atoms with Crippen molar-refractivity contribution in [1.29, 1.82) is 0 Å². The van der Waals surface area contributed by atoms with Gasteiger partial charge in [0.15, 0.2) is 0 Å². The Balaban J connectivity index is 2.02. The van der Waals surface area contributed by atoms with Crippen molar-refractivity contribution in [2.45, 2.75) is 44.8 Å². The molecule has 1 unspecified atom stereocenters. The third-order valence-electron chi connectivity index (χ3n) is 4.32. The topological polar surface area (TPSA) is 38.0 Å². The van der Waals surface area contributed by atoms with Crippen LogP contribution in [0.25, 0.3) is 0 Å². The lowest BCUT2D eigenvalue weighted by atomic mass is 9.76. The fraction of sp³-hybridized carbons (Fsp3) is 0.600. The number of halogens is 3. The van der Waals surface area contributed by atoms with Gasteiger partial charge in [0.1, 0.15) is 0 Å². The highest BCUT2D eigenvalue weighted by atomic mass is 19.4. The number of aryl methyl sites for hydroxylation is 1. The fourth-order valence-corrected chi connectivity index (χ4v) is 3.06. The lowest BCUT2D eigenvalue weighted by Gasteiger charge is -2.34. The van der Waals surface area contributed by atoms with Gasteiger partial charge in [0.05, 0.1) is 5.92 Å². The quantitative estimate of drug-likeness (QED) is 0.654. The van der Waals surface area contributed by atoms with Crippen LogP contribution < -0.4 is 11.3 Å². The average Bonchev–Trinajstić information content (AvgIpc) is 2.41. The molecule has 1 aliphatic rings. The van der Waals surface area contributed by atoms with Crippen molar-refractivity contribution in [2.24, 2.45) is 17.7 Å². The summed E-state index contributed by atoms with van der Waals surface area (Å²) in [4.78, 5) is 0. The molecule has 0 bridgehead atoms. The summed E-state index contributed by atoms with van der Waals surface area (Å²) in [7, 11) is 0. The van der Waals surface area contributed by atoms with Crippen LogP contribution in [0.1, 0.15) is 42.9 Å². The maximum atomic E-state index is 12.7. The lowest BCUT2D eigenvalue weighted by Crippen LogP contribution is -2.37. The molecule has 0 radical (unpaired) electrons. The van der Waals surface area contributed by atoms with E-state index in [9.17, 15) is 13.2 Å². The van der Waals surface area contributed by atoms with Gasteiger partial charge in [0.25, 0.3) is 0 Å². The maximum Gasteiger partial charge on any atom is 0.391 e. The van der Waals surface area contributed by atoms with Crippen LogP contribution in [0.3, 0.4) is 0 Å². The van der Waals surface area contributed by atoms with Crippen molar-refractivity contribution >= 4 is 0 Å². The maximum absolute atomic E-state index is 12.7. The molecule has 1 saturated carbocycles. The van der Waals surface area contributed by atoms with Gasteiger partial charge in [0.2, 0.25) is 0 Å². The predicted octanol–water partition coefficient (Wildman–Crippen LogP) is 3.87. The Labute approximate surface area is 117 Å². The molecule has 2 nitrogen and oxygen atoms in total. The first-order chi connectivity index (χ1) is 9.41. The molecule has 2 rings (SSSR count). The van der Waals surface area contributed by atoms with Gasteiger partial charge in [-0.15, -0.1) is 0 Å². The zero-order valence-corrected chi connectivity index (χ0v) is 11.6. The molecule has 112 valence electrons. The van der Waals surface area contributed by atoms with Crippen LogP contribution in [0.4, 0.5) is 13.2 Å². The minimum atomic E-state index is -4.06. The van der Waals surface area contributed by atoms with Gasteiger partial charge >= 0.3 is 6.18 Å². The highest BCUT2D eigenvalue weighted by Gasteiger charge is 2.42. The molecule has 3 N–H and O–H groups in total. The van der Waals surface area contributed by atoms with E-state index in [1.54, 1.807) is 0 Å². The molecule has 1 aromatic rings. The number of hydrogen-bond donors (Lipinski definition) is 2. The van der Waals surface area contributed by atoms with Gasteiger partial charge in [-0.2, -0.15) is 13.2 Å². The van der Waals surface area contributed by atoms with Crippen LogP contribution in [0.15, 0.2) is 24.3 Å². The molecule has 0 aliphatic heterocycles. The third-order valence-corrected chi connectivity index (χ3v) is 4.32. The molecule has 1 aliphatic carbocycles. The second kappa shape index (κ2) is 6.14. The largest absolute Gasteiger partial charge is 0.391 e. The van der Waals surface area contributed by atoms with E-state index in [4.69, 9.17) is 5.84 Å². The monoisotopic (exact) mass is 286 g/mol. The molecule has 0 amide bonds. The second-order valence-corrected chi connectivity index (χ2v) is 5.71. The number of alkyl halides is 3. The summed E-state index contributed by atoms with van der Waals surface area (Å²) >= 11 is 0. The van der Waals surface area contributed by atoms with Crippen LogP contribution in [-0.4, -0.2) is 6.18 Å². The number of hydrogen-bond acceptors (Lipinski definition) is 2. The van der Waals surface area contributed by atoms with Gasteiger partial charge in [-0.25, -0.2) is 0 Å². The number of rotatable bonds is 3. The van der Waals surface area contributed by atoms with Gasteiger partial charge in [-0.1, -0.05) is 29.8 Å². The first-order valence-electron chi connectivity index (χ1n) is 7.01. The van der Waals surface area contributed by atoms with E-state index in [0.29, 0.717) is 12.8 Å². The van der Waals surface area contributed by atoms with Gasteiger partial charge < -0.3 is 0 Å². The smallest absolute Gasteiger partial charge is 0.271 e. The van der Waals surface area contributed by atoms with Crippen molar-refractivity contribution in [2.75, 3.05) is 0 Å². The highest BCUT2D eigenvalue weighted by molar-refractivity contribution is 5.24. The standard InChI is InChI=1S/C15H21F3N2/c1-10-2-4-11(5-3-10)14(20-19)12-6-8-13(9-7-12)15(16,17)18/h2-5,12-14,20H,6-9,19H2,1H3. The Kier molecular flexibility index (Phi) is 4.70. The van der Waals surface area contributed by atoms with E-state index in [1.807, 2.05) is 31.2 Å². The van der Waals surface area contributed by atoms with E-state index in [2.05, 4.69) is 5.43 Å². The Bertz CT molecular complexity index is 420. The van der Waals surface area contributed by atoms with Crippen LogP contribution >= 0.6 is 0 Å². The van der Waals surface area contributed by atoms with E-state index in [1.165, 1.54) is 0 Å². The summed E-state index contributed by atoms with van der Waals surface area (Å²) < 4.78 is 38.0. The zero-order chi connectivity index (χ0) is 14.8. The van der Waals surface area contributed by atoms with Crippen LogP contribution in [0.2, 0.25) is 0 Å². The summed E-state index contributed by atoms with van der Waals surface area (Å²) in [6.07, 6.45) is -2.52. The Morgan fingerprint density at radius 2 is 1.65 bits per heavy atom. The van der Waals surface area contributed by atoms with E-state index in [-0.39, 0.29) is 24.8 Å². The Morgan fingerprint density at radius 1 is 1.10 bits per heavy atom. The van der Waals surface area contributed by atoms with Crippen molar-refractivity contribution in [3.8, 4) is 0 Å². The fourth-order valence-electron chi connectivity index (χ4n) is 3.06. The minimum Gasteiger partial charge on any atom is -0.271 e. The van der Waals surface area contributed by atoms with Gasteiger partial charge in [-0.3, -0.25) is 11.3 Å². The molecule has 0 aromatic heterocycles. The molecule has 5 heteroatoms. The molecule has 0 saturated heterocycles. The van der Waals surface area contributed by atoms with Crippen LogP contribution in [0, 0.1) is 18.8 Å².